The second kappa shape index (κ2) is 22.7. The highest BCUT2D eigenvalue weighted by atomic mass is 35.5. The van der Waals surface area contributed by atoms with Crippen LogP contribution in [0.5, 0.6) is 0 Å². The van der Waals surface area contributed by atoms with Crippen molar-refractivity contribution in [3.8, 4) is 0 Å². The number of carbonyl (C=O) groups excluding carboxylic acids is 1. The van der Waals surface area contributed by atoms with Crippen molar-refractivity contribution in [3.05, 3.63) is 119 Å². The molecule has 0 aromatic heterocycles. The van der Waals surface area contributed by atoms with Gasteiger partial charge in [0, 0.05) is 64.7 Å². The van der Waals surface area contributed by atoms with Gasteiger partial charge in [-0.2, -0.15) is 13.2 Å². The third-order valence-corrected chi connectivity index (χ3v) is 14.7. The Kier molecular flexibility index (Phi) is 18.0. The van der Waals surface area contributed by atoms with Crippen molar-refractivity contribution in [1.82, 2.24) is 14.9 Å². The number of alkyl halides is 3. The van der Waals surface area contributed by atoms with Gasteiger partial charge in [-0.3, -0.25) is 9.69 Å². The Bertz CT molecular complexity index is 2380. The summed E-state index contributed by atoms with van der Waals surface area (Å²) in [6, 6.07) is 25.5. The molecule has 11 nitrogen and oxygen atoms in total. The molecule has 4 aromatic rings. The first-order valence-corrected chi connectivity index (χ1v) is 25.0. The van der Waals surface area contributed by atoms with Crippen LogP contribution in [0.3, 0.4) is 0 Å². The molecule has 0 radical (unpaired) electrons. The van der Waals surface area contributed by atoms with E-state index >= 15 is 0 Å². The van der Waals surface area contributed by atoms with Crippen molar-refractivity contribution < 1.29 is 39.5 Å². The number of hydrogen-bond acceptors (Lipinski definition) is 11. The maximum atomic E-state index is 14.2. The van der Waals surface area contributed by atoms with Crippen molar-refractivity contribution in [2.75, 3.05) is 55.8 Å². The van der Waals surface area contributed by atoms with Crippen LogP contribution in [0.2, 0.25) is 5.02 Å². The van der Waals surface area contributed by atoms with Gasteiger partial charge in [0.15, 0.2) is 0 Å². The summed E-state index contributed by atoms with van der Waals surface area (Å²) in [7, 11) is -10.9. The number of halogens is 4. The smallest absolute Gasteiger partial charge is 0.384 e. The lowest BCUT2D eigenvalue weighted by atomic mass is 9.96. The minimum absolute atomic E-state index is 0.0464. The number of rotatable bonds is 22. The first kappa shape index (κ1) is 49.9. The first-order chi connectivity index (χ1) is 29.9. The Hall–Kier alpha value is -4.10. The molecule has 0 saturated heterocycles. The van der Waals surface area contributed by atoms with Crippen molar-refractivity contribution >= 4 is 66.1 Å². The molecule has 0 spiro atoms. The van der Waals surface area contributed by atoms with E-state index in [4.69, 9.17) is 16.3 Å². The number of thioether (sulfide) groups is 1. The summed E-state index contributed by atoms with van der Waals surface area (Å²) >= 11 is 7.52. The minimum atomic E-state index is -6.06. The van der Waals surface area contributed by atoms with Gasteiger partial charge in [0.05, 0.1) is 23.8 Å². The van der Waals surface area contributed by atoms with Crippen LogP contribution in [0.15, 0.2) is 117 Å². The lowest BCUT2D eigenvalue weighted by Gasteiger charge is -2.31. The monoisotopic (exact) mass is 949 g/mol. The average molecular weight is 951 g/mol. The molecule has 0 fully saturated rings. The quantitative estimate of drug-likeness (QED) is 0.0442. The number of sulfone groups is 1. The molecule has 0 aliphatic carbocycles. The molecule has 1 aliphatic heterocycles. The van der Waals surface area contributed by atoms with Gasteiger partial charge in [-0.05, 0) is 137 Å². The fraction of sp³-hybridized carbons (Fsp3) is 0.400. The third kappa shape index (κ3) is 14.2. The summed E-state index contributed by atoms with van der Waals surface area (Å²) in [5.41, 5.74) is -2.04. The van der Waals surface area contributed by atoms with Crippen molar-refractivity contribution in [1.29, 1.82) is 0 Å². The normalized spacial score (nSPS) is 14.3. The van der Waals surface area contributed by atoms with Gasteiger partial charge in [-0.25, -0.2) is 21.6 Å². The van der Waals surface area contributed by atoms with Crippen molar-refractivity contribution in [2.45, 2.75) is 85.3 Å². The van der Waals surface area contributed by atoms with E-state index in [0.29, 0.717) is 74.8 Å². The number of nitrogens with zero attached hydrogens (tertiary/aromatic N) is 1. The second-order valence-corrected chi connectivity index (χ2v) is 20.8. The number of hydrogen-bond donors (Lipinski definition) is 4. The number of nitrogens with one attached hydrogen (secondary N) is 4. The standard InChI is InChI=1S/C45H55ClF3N5O6S3/c1-31(2)54(32(3)4)25-8-9-38(30-61-39-10-6-5-7-11-39)52-42-21-20-40(27-43(42)62(56,57)45(47,48)49)63(58,59)53-44(55)34-14-18-37(19-15-34)51-24-23-50-28-35-29-60-26-22-41(35)33-12-16-36(46)17-13-33/h5-7,10-21,27,31-32,38,50-52H,8-9,22-26,28-30H2,1-4H3,(H,53,55)/t38-/m1/s1. The van der Waals surface area contributed by atoms with E-state index < -0.39 is 52.8 Å². The zero-order valence-corrected chi connectivity index (χ0v) is 38.9. The van der Waals surface area contributed by atoms with Crippen LogP contribution in [0.25, 0.3) is 5.57 Å². The predicted octanol–water partition coefficient (Wildman–Crippen LogP) is 9.10. The van der Waals surface area contributed by atoms with Crippen LogP contribution in [0.4, 0.5) is 24.5 Å². The van der Waals surface area contributed by atoms with Gasteiger partial charge in [0.1, 0.15) is 4.90 Å². The number of benzene rings is 4. The number of carbonyl (C=O) groups is 1. The van der Waals surface area contributed by atoms with Crippen molar-refractivity contribution in [2.24, 2.45) is 0 Å². The van der Waals surface area contributed by atoms with Crippen LogP contribution in [0.1, 0.15) is 62.9 Å². The lowest BCUT2D eigenvalue weighted by Crippen LogP contribution is -2.38. The zero-order valence-electron chi connectivity index (χ0n) is 35.7. The Morgan fingerprint density at radius 2 is 1.57 bits per heavy atom. The molecule has 0 bridgehead atoms. The first-order valence-electron chi connectivity index (χ1n) is 20.7. The van der Waals surface area contributed by atoms with Gasteiger partial charge in [0.25, 0.3) is 25.8 Å². The third-order valence-electron chi connectivity index (χ3n) is 10.4. The molecule has 5 rings (SSSR count). The van der Waals surface area contributed by atoms with Gasteiger partial charge in [0.2, 0.25) is 0 Å². The highest BCUT2D eigenvalue weighted by Gasteiger charge is 2.48. The van der Waals surface area contributed by atoms with E-state index in [0.717, 1.165) is 34.6 Å². The van der Waals surface area contributed by atoms with E-state index in [1.165, 1.54) is 29.5 Å². The van der Waals surface area contributed by atoms with Crippen LogP contribution in [-0.4, -0.2) is 96.4 Å². The number of amides is 1. The van der Waals surface area contributed by atoms with E-state index in [1.54, 1.807) is 12.1 Å². The summed E-state index contributed by atoms with van der Waals surface area (Å²) in [6.45, 7) is 11.9. The van der Waals surface area contributed by atoms with E-state index in [1.807, 2.05) is 59.3 Å². The van der Waals surface area contributed by atoms with Crippen LogP contribution in [0, 0.1) is 0 Å². The molecule has 18 heteroatoms. The summed E-state index contributed by atoms with van der Waals surface area (Å²) in [5.74, 6) is -0.680. The topological polar surface area (TPSA) is 146 Å². The van der Waals surface area contributed by atoms with Crippen LogP contribution >= 0.6 is 23.4 Å². The number of ether oxygens (including phenoxy) is 1. The van der Waals surface area contributed by atoms with Gasteiger partial charge >= 0.3 is 5.51 Å². The fourth-order valence-electron chi connectivity index (χ4n) is 7.20. The molecule has 0 saturated carbocycles. The largest absolute Gasteiger partial charge is 0.501 e. The van der Waals surface area contributed by atoms with Gasteiger partial charge in [-0.1, -0.05) is 41.9 Å². The Labute approximate surface area is 378 Å². The van der Waals surface area contributed by atoms with Crippen molar-refractivity contribution in [3.63, 3.8) is 0 Å². The van der Waals surface area contributed by atoms with Crippen LogP contribution in [-0.2, 0) is 24.6 Å². The molecule has 1 heterocycles. The molecule has 63 heavy (non-hydrogen) atoms. The Balaban J connectivity index is 1.25. The molecule has 1 aliphatic rings. The maximum Gasteiger partial charge on any atom is 0.501 e. The van der Waals surface area contributed by atoms with Gasteiger partial charge < -0.3 is 20.7 Å². The fourth-order valence-corrected chi connectivity index (χ4v) is 10.3. The SMILES string of the molecule is CC(C)N(CCC[C@H](CSc1ccccc1)Nc1ccc(S(=O)(=O)NC(=O)c2ccc(NCCNCC3=C(c4ccc(Cl)cc4)CCOC3)cc2)cc1S(=O)(=O)C(F)(F)F)C(C)C. The van der Waals surface area contributed by atoms with Crippen LogP contribution < -0.4 is 20.7 Å². The average Bonchev–Trinajstić information content (AvgIpc) is 3.24. The van der Waals surface area contributed by atoms with E-state index in [2.05, 4.69) is 48.5 Å². The zero-order chi connectivity index (χ0) is 45.8. The molecular formula is C45H55ClF3N5O6S3. The van der Waals surface area contributed by atoms with Gasteiger partial charge in [-0.15, -0.1) is 11.8 Å². The summed E-state index contributed by atoms with van der Waals surface area (Å²) in [4.78, 5) is 14.3. The number of anilines is 2. The molecule has 0 unspecified atom stereocenters. The minimum Gasteiger partial charge on any atom is -0.384 e. The molecule has 342 valence electrons. The lowest BCUT2D eigenvalue weighted by molar-refractivity contribution is -0.0435. The molecular weight excluding hydrogens is 895 g/mol. The Morgan fingerprint density at radius 3 is 2.22 bits per heavy atom. The molecule has 4 aromatic carbocycles. The van der Waals surface area contributed by atoms with E-state index in [9.17, 15) is 34.8 Å². The highest BCUT2D eigenvalue weighted by molar-refractivity contribution is 7.99. The molecule has 1 atom stereocenters. The molecule has 1 amide bonds. The summed E-state index contributed by atoms with van der Waals surface area (Å²) < 4.78 is 103. The predicted molar refractivity (Wildman–Crippen MR) is 247 cm³/mol. The second-order valence-electron chi connectivity index (χ2n) is 15.6. The van der Waals surface area contributed by atoms with E-state index in [-0.39, 0.29) is 17.6 Å². The number of sulfonamides is 1. The Morgan fingerprint density at radius 1 is 0.889 bits per heavy atom. The molecule has 4 N–H and O–H groups in total. The summed E-state index contributed by atoms with van der Waals surface area (Å²) in [5, 5.41) is 10.3. The maximum absolute atomic E-state index is 14.2. The highest BCUT2D eigenvalue weighted by Crippen LogP contribution is 2.37. The summed E-state index contributed by atoms with van der Waals surface area (Å²) in [6.07, 6.45) is 1.93.